The number of aromatic nitrogens is 2. The van der Waals surface area contributed by atoms with Gasteiger partial charge in [-0.3, -0.25) is 0 Å². The van der Waals surface area contributed by atoms with E-state index < -0.39 is 0 Å². The lowest BCUT2D eigenvalue weighted by atomic mass is 10.00. The summed E-state index contributed by atoms with van der Waals surface area (Å²) in [5, 5.41) is 9.97. The Bertz CT molecular complexity index is 3600. The second-order valence-corrected chi connectivity index (χ2v) is 17.0. The molecule has 0 spiro atoms. The van der Waals surface area contributed by atoms with Crippen molar-refractivity contribution in [1.82, 2.24) is 9.13 Å². The van der Waals surface area contributed by atoms with Crippen LogP contribution in [0.15, 0.2) is 249 Å². The van der Waals surface area contributed by atoms with Crippen molar-refractivity contribution in [3.05, 3.63) is 249 Å². The maximum Gasteiger partial charge on any atom is 0.0541 e. The molecule has 0 N–H and O–H groups in total. The molecule has 0 aliphatic carbocycles. The van der Waals surface area contributed by atoms with Crippen molar-refractivity contribution in [2.24, 2.45) is 0 Å². The van der Waals surface area contributed by atoms with Gasteiger partial charge in [0.15, 0.2) is 0 Å². The molecule has 0 fully saturated rings. The molecule has 0 amide bonds. The molecule has 2 aromatic heterocycles. The summed E-state index contributed by atoms with van der Waals surface area (Å²) >= 11 is 0. The van der Waals surface area contributed by atoms with Gasteiger partial charge in [-0.05, 0) is 129 Å². The Morgan fingerprint density at radius 2 is 0.585 bits per heavy atom. The molecule has 3 nitrogen and oxygen atoms in total. The number of rotatable bonds is 7. The van der Waals surface area contributed by atoms with Gasteiger partial charge in [0.05, 0.1) is 27.8 Å². The summed E-state index contributed by atoms with van der Waals surface area (Å²) in [4.78, 5) is 2.40. The Kier molecular flexibility index (Phi) is 8.53. The number of anilines is 3. The van der Waals surface area contributed by atoms with Gasteiger partial charge in [-0.2, -0.15) is 0 Å². The highest BCUT2D eigenvalue weighted by Crippen LogP contribution is 2.42. The Morgan fingerprint density at radius 3 is 1.00 bits per heavy atom. The second-order valence-electron chi connectivity index (χ2n) is 17.0. The molecule has 0 saturated heterocycles. The van der Waals surface area contributed by atoms with Crippen LogP contribution >= 0.6 is 0 Å². The highest BCUT2D eigenvalue weighted by Gasteiger charge is 2.18. The first kappa shape index (κ1) is 36.9. The average Bonchev–Trinajstić information content (AvgIpc) is 3.90. The third-order valence-electron chi connectivity index (χ3n) is 13.3. The molecule has 65 heavy (non-hydrogen) atoms. The first-order chi connectivity index (χ1) is 32.2. The zero-order valence-electron chi connectivity index (χ0n) is 35.5. The number of fused-ring (bicyclic) bond motifs is 8. The lowest BCUT2D eigenvalue weighted by Gasteiger charge is -2.27. The van der Waals surface area contributed by atoms with Crippen molar-refractivity contribution in [3.8, 4) is 33.6 Å². The highest BCUT2D eigenvalue weighted by molar-refractivity contribution is 6.10. The predicted octanol–water partition coefficient (Wildman–Crippen LogP) is 17.0. The Labute approximate surface area is 376 Å². The summed E-state index contributed by atoms with van der Waals surface area (Å²) in [6.07, 6.45) is 0. The van der Waals surface area contributed by atoms with Crippen LogP contribution in [0.2, 0.25) is 0 Å². The standard InChI is InChI=1S/C62H41N3/c1-2-13-47-41-57-48(40-46(47)12-1)14-11-23-62(57)63(49-32-24-42(25-33-49)44-28-36-51(37-29-44)64-58-19-7-3-15-53(58)54-16-4-8-20-59(54)64)50-34-26-43(27-35-50)45-30-38-52(39-31-45)65-60-21-9-5-17-55(60)56-18-6-10-22-61(56)65/h1-41H. The van der Waals surface area contributed by atoms with Crippen molar-refractivity contribution in [2.45, 2.75) is 0 Å². The van der Waals surface area contributed by atoms with Gasteiger partial charge >= 0.3 is 0 Å². The molecule has 0 aliphatic rings. The first-order valence-electron chi connectivity index (χ1n) is 22.3. The van der Waals surface area contributed by atoms with Crippen LogP contribution in [0, 0.1) is 0 Å². The molecular formula is C62H41N3. The molecule has 0 atom stereocenters. The van der Waals surface area contributed by atoms with Crippen LogP contribution < -0.4 is 4.90 Å². The number of para-hydroxylation sites is 4. The molecule has 304 valence electrons. The van der Waals surface area contributed by atoms with Crippen molar-refractivity contribution < 1.29 is 0 Å². The van der Waals surface area contributed by atoms with E-state index in [0.717, 1.165) is 28.4 Å². The van der Waals surface area contributed by atoms with Crippen LogP contribution in [0.5, 0.6) is 0 Å². The molecule has 0 bridgehead atoms. The van der Waals surface area contributed by atoms with E-state index in [1.54, 1.807) is 0 Å². The molecule has 13 aromatic rings. The fraction of sp³-hybridized carbons (Fsp3) is 0. The van der Waals surface area contributed by atoms with Gasteiger partial charge < -0.3 is 14.0 Å². The lowest BCUT2D eigenvalue weighted by molar-refractivity contribution is 1.18. The van der Waals surface area contributed by atoms with Gasteiger partial charge in [0.1, 0.15) is 0 Å². The van der Waals surface area contributed by atoms with Crippen molar-refractivity contribution in [2.75, 3.05) is 4.90 Å². The van der Waals surface area contributed by atoms with Crippen molar-refractivity contribution in [1.29, 1.82) is 0 Å². The van der Waals surface area contributed by atoms with Crippen molar-refractivity contribution in [3.63, 3.8) is 0 Å². The van der Waals surface area contributed by atoms with E-state index in [-0.39, 0.29) is 0 Å². The van der Waals surface area contributed by atoms with Gasteiger partial charge in [0.2, 0.25) is 0 Å². The largest absolute Gasteiger partial charge is 0.310 e. The van der Waals surface area contributed by atoms with Gasteiger partial charge in [0, 0.05) is 49.7 Å². The van der Waals surface area contributed by atoms with Crippen LogP contribution in [-0.2, 0) is 0 Å². The molecule has 0 saturated carbocycles. The minimum atomic E-state index is 1.10. The molecule has 0 unspecified atom stereocenters. The summed E-state index contributed by atoms with van der Waals surface area (Å²) in [5.74, 6) is 0. The Morgan fingerprint density at radius 1 is 0.246 bits per heavy atom. The molecule has 0 aliphatic heterocycles. The average molecular weight is 828 g/mol. The van der Waals surface area contributed by atoms with Crippen LogP contribution in [0.4, 0.5) is 17.1 Å². The van der Waals surface area contributed by atoms with E-state index in [2.05, 4.69) is 263 Å². The number of nitrogens with zero attached hydrogens (tertiary/aromatic N) is 3. The third-order valence-corrected chi connectivity index (χ3v) is 13.3. The molecule has 13 rings (SSSR count). The Balaban J connectivity index is 0.863. The van der Waals surface area contributed by atoms with E-state index in [1.807, 2.05) is 0 Å². The van der Waals surface area contributed by atoms with Gasteiger partial charge in [-0.25, -0.2) is 0 Å². The monoisotopic (exact) mass is 827 g/mol. The van der Waals surface area contributed by atoms with E-state index in [4.69, 9.17) is 0 Å². The summed E-state index contributed by atoms with van der Waals surface area (Å²) in [5.41, 5.74) is 15.2. The SMILES string of the molecule is c1ccc2cc3c(N(c4ccc(-c5ccc(-n6c7ccccc7c7ccccc76)cc5)cc4)c4ccc(-c5ccc(-n6c7ccccc7c7ccccc76)cc5)cc4)cccc3cc2c1. The van der Waals surface area contributed by atoms with Crippen LogP contribution in [-0.4, -0.2) is 9.13 Å². The maximum absolute atomic E-state index is 2.40. The van der Waals surface area contributed by atoms with Gasteiger partial charge in [-0.1, -0.05) is 158 Å². The minimum Gasteiger partial charge on any atom is -0.310 e. The van der Waals surface area contributed by atoms with E-state index in [0.29, 0.717) is 0 Å². The summed E-state index contributed by atoms with van der Waals surface area (Å²) < 4.78 is 4.74. The third kappa shape index (κ3) is 6.12. The van der Waals surface area contributed by atoms with Gasteiger partial charge in [-0.15, -0.1) is 0 Å². The normalized spacial score (nSPS) is 11.7. The van der Waals surface area contributed by atoms with E-state index in [1.165, 1.54) is 87.4 Å². The number of hydrogen-bond acceptors (Lipinski definition) is 1. The summed E-state index contributed by atoms with van der Waals surface area (Å²) in [7, 11) is 0. The quantitative estimate of drug-likeness (QED) is 0.146. The van der Waals surface area contributed by atoms with Crippen molar-refractivity contribution >= 4 is 82.2 Å². The summed E-state index contributed by atoms with van der Waals surface area (Å²) in [6.45, 7) is 0. The number of benzene rings is 11. The summed E-state index contributed by atoms with van der Waals surface area (Å²) in [6, 6.07) is 90.7. The number of hydrogen-bond donors (Lipinski definition) is 0. The topological polar surface area (TPSA) is 13.1 Å². The Hall–Kier alpha value is -8.66. The molecule has 2 heterocycles. The molecule has 11 aromatic carbocycles. The molecule has 3 heteroatoms. The lowest BCUT2D eigenvalue weighted by Crippen LogP contribution is -2.10. The highest BCUT2D eigenvalue weighted by atomic mass is 15.1. The molecule has 0 radical (unpaired) electrons. The minimum absolute atomic E-state index is 1.10. The fourth-order valence-electron chi connectivity index (χ4n) is 10.2. The van der Waals surface area contributed by atoms with Crippen LogP contribution in [0.1, 0.15) is 0 Å². The zero-order valence-corrected chi connectivity index (χ0v) is 35.5. The van der Waals surface area contributed by atoms with Crippen LogP contribution in [0.25, 0.3) is 98.8 Å². The molecular weight excluding hydrogens is 787 g/mol. The zero-order chi connectivity index (χ0) is 42.8. The first-order valence-corrected chi connectivity index (χ1v) is 22.3. The smallest absolute Gasteiger partial charge is 0.0541 e. The predicted molar refractivity (Wildman–Crippen MR) is 276 cm³/mol. The maximum atomic E-state index is 2.40. The van der Waals surface area contributed by atoms with Crippen LogP contribution in [0.3, 0.4) is 0 Å². The van der Waals surface area contributed by atoms with E-state index in [9.17, 15) is 0 Å². The van der Waals surface area contributed by atoms with E-state index >= 15 is 0 Å². The second kappa shape index (κ2) is 15.0. The fourth-order valence-corrected chi connectivity index (χ4v) is 10.2. The van der Waals surface area contributed by atoms with Gasteiger partial charge in [0.25, 0.3) is 0 Å².